The summed E-state index contributed by atoms with van der Waals surface area (Å²) in [7, 11) is 1.77. The number of para-hydroxylation sites is 1. The van der Waals surface area contributed by atoms with Gasteiger partial charge in [0.1, 0.15) is 5.75 Å². The van der Waals surface area contributed by atoms with Crippen LogP contribution in [0.1, 0.15) is 62.3 Å². The third-order valence-electron chi connectivity index (χ3n) is 7.55. The van der Waals surface area contributed by atoms with E-state index in [1.807, 2.05) is 0 Å². The van der Waals surface area contributed by atoms with Gasteiger partial charge in [0.15, 0.2) is 0 Å². The number of unbranched alkanes of at least 4 members (excludes halogenated alkanes) is 3. The van der Waals surface area contributed by atoms with Crippen LogP contribution < -0.4 is 4.74 Å². The zero-order valence-corrected chi connectivity index (χ0v) is 18.4. The van der Waals surface area contributed by atoms with Crippen LogP contribution in [-0.4, -0.2) is 36.1 Å². The Labute approximate surface area is 180 Å². The van der Waals surface area contributed by atoms with Gasteiger partial charge in [0.25, 0.3) is 0 Å². The molecule has 2 heterocycles. The number of nitrogens with one attached hydrogen (secondary N) is 1. The van der Waals surface area contributed by atoms with Crippen LogP contribution in [0, 0.1) is 0 Å². The molecule has 3 nitrogen and oxygen atoms in total. The van der Waals surface area contributed by atoms with Gasteiger partial charge in [0.2, 0.25) is 0 Å². The molecule has 3 heteroatoms. The van der Waals surface area contributed by atoms with E-state index in [1.54, 1.807) is 12.7 Å². The average molecular weight is 403 g/mol. The number of nitrogens with zero attached hydrogens (tertiary/aromatic N) is 1. The number of piperidine rings is 1. The number of aromatic nitrogens is 1. The number of methoxy groups -OCH3 is 1. The second-order valence-electron chi connectivity index (χ2n) is 9.25. The van der Waals surface area contributed by atoms with Crippen molar-refractivity contribution in [2.24, 2.45) is 0 Å². The minimum atomic E-state index is 0.0757. The van der Waals surface area contributed by atoms with Crippen molar-refractivity contribution < 1.29 is 4.74 Å². The van der Waals surface area contributed by atoms with Crippen LogP contribution in [0.15, 0.2) is 48.5 Å². The predicted octanol–water partition coefficient (Wildman–Crippen LogP) is 6.06. The summed E-state index contributed by atoms with van der Waals surface area (Å²) in [6.45, 7) is 4.73. The molecule has 2 atom stereocenters. The number of likely N-dealkylation sites (tertiary alicyclic amines) is 1. The molecule has 5 rings (SSSR count). The van der Waals surface area contributed by atoms with Crippen molar-refractivity contribution in [3.05, 3.63) is 65.4 Å². The third-order valence-corrected chi connectivity index (χ3v) is 7.55. The maximum atomic E-state index is 5.62. The largest absolute Gasteiger partial charge is 0.497 e. The van der Waals surface area contributed by atoms with E-state index in [0.717, 1.165) is 12.2 Å². The lowest BCUT2D eigenvalue weighted by atomic mass is 9.61. The first kappa shape index (κ1) is 19.7. The molecule has 2 aromatic carbocycles. The molecule has 1 aliphatic carbocycles. The number of hydrogen-bond donors (Lipinski definition) is 1. The van der Waals surface area contributed by atoms with Gasteiger partial charge >= 0.3 is 0 Å². The van der Waals surface area contributed by atoms with E-state index in [9.17, 15) is 0 Å². The SMILES string of the molecule is CCCCCCN1CC[C@]2(c3cccc(OC)c3)C[C@H]1Cc1[nH]c3ccccc3c12. The molecule has 0 spiro atoms. The molecule has 0 amide bonds. The lowest BCUT2D eigenvalue weighted by Gasteiger charge is -2.51. The Bertz CT molecular complexity index is 1020. The molecular formula is C27H34N2O. The Morgan fingerprint density at radius 2 is 2.00 bits per heavy atom. The zero-order valence-electron chi connectivity index (χ0n) is 18.4. The summed E-state index contributed by atoms with van der Waals surface area (Å²) in [5, 5.41) is 1.41. The van der Waals surface area contributed by atoms with E-state index < -0.39 is 0 Å². The molecule has 158 valence electrons. The van der Waals surface area contributed by atoms with E-state index in [2.05, 4.69) is 65.3 Å². The maximum absolute atomic E-state index is 5.62. The van der Waals surface area contributed by atoms with Crippen molar-refractivity contribution >= 4 is 10.9 Å². The van der Waals surface area contributed by atoms with Gasteiger partial charge in [-0.3, -0.25) is 4.90 Å². The molecule has 2 aliphatic rings. The standard InChI is InChI=1S/C27H34N2O/c1-3-4-5-8-15-29-16-14-27(20-10-9-11-22(17-20)30-2)19-21(29)18-25-26(27)23-12-6-7-13-24(23)28-25/h6-7,9-13,17,21,28H,3-5,8,14-16,18-19H2,1-2H3/t21-,27-/m1/s1. The molecule has 0 unspecified atom stereocenters. The highest BCUT2D eigenvalue weighted by Gasteiger charge is 2.48. The van der Waals surface area contributed by atoms with E-state index in [0.29, 0.717) is 6.04 Å². The van der Waals surface area contributed by atoms with E-state index >= 15 is 0 Å². The number of H-pyrrole nitrogens is 1. The monoisotopic (exact) mass is 402 g/mol. The number of rotatable bonds is 7. The van der Waals surface area contributed by atoms with Crippen LogP contribution in [-0.2, 0) is 11.8 Å². The van der Waals surface area contributed by atoms with E-state index in [1.165, 1.54) is 73.8 Å². The molecule has 0 radical (unpaired) electrons. The fourth-order valence-corrected chi connectivity index (χ4v) is 6.08. The lowest BCUT2D eigenvalue weighted by Crippen LogP contribution is -2.53. The second-order valence-corrected chi connectivity index (χ2v) is 9.25. The second kappa shape index (κ2) is 8.11. The van der Waals surface area contributed by atoms with Crippen molar-refractivity contribution in [2.75, 3.05) is 20.2 Å². The van der Waals surface area contributed by atoms with Crippen molar-refractivity contribution in [3.8, 4) is 5.75 Å². The minimum Gasteiger partial charge on any atom is -0.497 e. The number of ether oxygens (including phenoxy) is 1. The highest BCUT2D eigenvalue weighted by molar-refractivity contribution is 5.87. The Morgan fingerprint density at radius 3 is 2.87 bits per heavy atom. The Hall–Kier alpha value is -2.26. The molecule has 0 saturated carbocycles. The quantitative estimate of drug-likeness (QED) is 0.486. The molecule has 1 N–H and O–H groups in total. The lowest BCUT2D eigenvalue weighted by molar-refractivity contribution is 0.0939. The zero-order chi connectivity index (χ0) is 20.6. The van der Waals surface area contributed by atoms with E-state index in [-0.39, 0.29) is 5.41 Å². The first-order valence-corrected chi connectivity index (χ1v) is 11.7. The summed E-state index contributed by atoms with van der Waals surface area (Å²) >= 11 is 0. The highest BCUT2D eigenvalue weighted by atomic mass is 16.5. The van der Waals surface area contributed by atoms with Gasteiger partial charge in [0, 0.05) is 34.5 Å². The van der Waals surface area contributed by atoms with Crippen LogP contribution in [0.2, 0.25) is 0 Å². The van der Waals surface area contributed by atoms with Gasteiger partial charge in [-0.15, -0.1) is 0 Å². The predicted molar refractivity (Wildman–Crippen MR) is 125 cm³/mol. The molecule has 1 fully saturated rings. The number of hydrogen-bond acceptors (Lipinski definition) is 2. The Morgan fingerprint density at radius 1 is 1.10 bits per heavy atom. The summed E-state index contributed by atoms with van der Waals surface area (Å²) in [5.41, 5.74) is 5.78. The molecular weight excluding hydrogens is 368 g/mol. The van der Waals surface area contributed by atoms with Crippen molar-refractivity contribution in [1.29, 1.82) is 0 Å². The first-order valence-electron chi connectivity index (χ1n) is 11.7. The molecule has 1 aliphatic heterocycles. The van der Waals surface area contributed by atoms with Crippen LogP contribution in [0.25, 0.3) is 10.9 Å². The number of benzene rings is 2. The van der Waals surface area contributed by atoms with Crippen LogP contribution in [0.3, 0.4) is 0 Å². The van der Waals surface area contributed by atoms with Crippen LogP contribution >= 0.6 is 0 Å². The van der Waals surface area contributed by atoms with Gasteiger partial charge in [-0.05, 0) is 61.7 Å². The smallest absolute Gasteiger partial charge is 0.119 e. The molecule has 30 heavy (non-hydrogen) atoms. The fourth-order valence-electron chi connectivity index (χ4n) is 6.08. The van der Waals surface area contributed by atoms with Gasteiger partial charge in [-0.1, -0.05) is 56.5 Å². The van der Waals surface area contributed by atoms with Crippen molar-refractivity contribution in [1.82, 2.24) is 9.88 Å². The van der Waals surface area contributed by atoms with Crippen molar-refractivity contribution in [3.63, 3.8) is 0 Å². The Kier molecular flexibility index (Phi) is 5.32. The van der Waals surface area contributed by atoms with Crippen LogP contribution in [0.4, 0.5) is 0 Å². The molecule has 1 saturated heterocycles. The molecule has 3 aromatic rings. The first-order chi connectivity index (χ1) is 14.7. The average Bonchev–Trinajstić information content (AvgIpc) is 3.17. The summed E-state index contributed by atoms with van der Waals surface area (Å²) in [6, 6.07) is 18.3. The fraction of sp³-hybridized carbons (Fsp3) is 0.481. The normalized spacial score (nSPS) is 23.5. The van der Waals surface area contributed by atoms with Crippen LogP contribution in [0.5, 0.6) is 5.75 Å². The van der Waals surface area contributed by atoms with E-state index in [4.69, 9.17) is 4.74 Å². The maximum Gasteiger partial charge on any atom is 0.119 e. The highest BCUT2D eigenvalue weighted by Crippen LogP contribution is 2.52. The molecule has 1 aromatic heterocycles. The third kappa shape index (κ3) is 3.24. The topological polar surface area (TPSA) is 28.3 Å². The summed E-state index contributed by atoms with van der Waals surface area (Å²) in [4.78, 5) is 6.59. The van der Waals surface area contributed by atoms with Gasteiger partial charge in [-0.25, -0.2) is 0 Å². The minimum absolute atomic E-state index is 0.0757. The van der Waals surface area contributed by atoms with Crippen molar-refractivity contribution in [2.45, 2.75) is 63.3 Å². The Balaban J connectivity index is 1.57. The summed E-state index contributed by atoms with van der Waals surface area (Å²) < 4.78 is 5.62. The number of fused-ring (bicyclic) bond motifs is 6. The molecule has 2 bridgehead atoms. The summed E-state index contributed by atoms with van der Waals surface area (Å²) in [6.07, 6.45) is 8.89. The number of aromatic amines is 1. The van der Waals surface area contributed by atoms with Gasteiger partial charge in [-0.2, -0.15) is 0 Å². The van der Waals surface area contributed by atoms with Gasteiger partial charge < -0.3 is 9.72 Å². The summed E-state index contributed by atoms with van der Waals surface area (Å²) in [5.74, 6) is 0.965. The van der Waals surface area contributed by atoms with Gasteiger partial charge in [0.05, 0.1) is 7.11 Å².